The first kappa shape index (κ1) is 16.3. The van der Waals surface area contributed by atoms with Gasteiger partial charge in [-0.25, -0.2) is 0 Å². The molecule has 0 saturated carbocycles. The van der Waals surface area contributed by atoms with Crippen molar-refractivity contribution in [1.29, 1.82) is 0 Å². The van der Waals surface area contributed by atoms with Crippen molar-refractivity contribution in [2.75, 3.05) is 20.2 Å². The number of carbonyl (C=O) groups excluding carboxylic acids is 1. The molecule has 0 unspecified atom stereocenters. The molecule has 1 amide bonds. The number of nitrogens with zero attached hydrogens (tertiary/aromatic N) is 3. The molecule has 24 heavy (non-hydrogen) atoms. The van der Waals surface area contributed by atoms with Crippen molar-refractivity contribution in [1.82, 2.24) is 15.0 Å². The normalized spacial score (nSPS) is 16.0. The molecule has 1 aliphatic rings. The molecule has 0 bridgehead atoms. The Labute approximate surface area is 140 Å². The van der Waals surface area contributed by atoms with E-state index in [-0.39, 0.29) is 12.0 Å². The molecular formula is C17H21N3O4. The average molecular weight is 331 g/mol. The maximum absolute atomic E-state index is 12.2. The molecule has 128 valence electrons. The summed E-state index contributed by atoms with van der Waals surface area (Å²) in [7, 11) is 1.78. The van der Waals surface area contributed by atoms with Gasteiger partial charge in [0.1, 0.15) is 6.61 Å². The van der Waals surface area contributed by atoms with E-state index in [1.54, 1.807) is 18.9 Å². The molecular weight excluding hydrogens is 310 g/mol. The highest BCUT2D eigenvalue weighted by molar-refractivity contribution is 5.75. The highest BCUT2D eigenvalue weighted by atomic mass is 16.6. The van der Waals surface area contributed by atoms with Crippen LogP contribution in [0.3, 0.4) is 0 Å². The topological polar surface area (TPSA) is 77.7 Å². The molecule has 0 aliphatic carbocycles. The van der Waals surface area contributed by atoms with Crippen LogP contribution in [0, 0.1) is 6.92 Å². The van der Waals surface area contributed by atoms with Gasteiger partial charge in [-0.05, 0) is 25.5 Å². The highest BCUT2D eigenvalue weighted by Crippen LogP contribution is 2.30. The molecule has 2 heterocycles. The van der Waals surface area contributed by atoms with Gasteiger partial charge in [0.2, 0.25) is 11.8 Å². The van der Waals surface area contributed by atoms with E-state index >= 15 is 0 Å². The molecule has 0 N–H and O–H groups in total. The predicted molar refractivity (Wildman–Crippen MR) is 86.0 cm³/mol. The smallest absolute Gasteiger partial charge is 0.226 e. The minimum atomic E-state index is -0.160. The van der Waals surface area contributed by atoms with Gasteiger partial charge in [0.15, 0.2) is 23.4 Å². The van der Waals surface area contributed by atoms with Crippen molar-refractivity contribution in [3.05, 3.63) is 36.0 Å². The van der Waals surface area contributed by atoms with E-state index in [0.717, 1.165) is 11.5 Å². The molecule has 3 rings (SSSR count). The van der Waals surface area contributed by atoms with Crippen LogP contribution in [0.5, 0.6) is 11.5 Å². The summed E-state index contributed by atoms with van der Waals surface area (Å²) in [4.78, 5) is 18.0. The Bertz CT molecular complexity index is 701. The Balaban J connectivity index is 1.43. The zero-order valence-electron chi connectivity index (χ0n) is 13.9. The molecule has 0 spiro atoms. The number of aromatic nitrogens is 2. The fourth-order valence-corrected chi connectivity index (χ4v) is 2.58. The fraction of sp³-hybridized carbons (Fsp3) is 0.471. The van der Waals surface area contributed by atoms with E-state index in [2.05, 4.69) is 10.1 Å². The number of aryl methyl sites for hydroxylation is 2. The molecule has 0 fully saturated rings. The van der Waals surface area contributed by atoms with Crippen LogP contribution in [-0.4, -0.2) is 47.3 Å². The van der Waals surface area contributed by atoms with E-state index in [1.165, 1.54) is 0 Å². The third kappa shape index (κ3) is 4.04. The third-order valence-electron chi connectivity index (χ3n) is 3.82. The summed E-state index contributed by atoms with van der Waals surface area (Å²) in [6.07, 6.45) is 1.56. The van der Waals surface area contributed by atoms with E-state index < -0.39 is 0 Å². The first-order valence-electron chi connectivity index (χ1n) is 8.03. The van der Waals surface area contributed by atoms with Crippen molar-refractivity contribution < 1.29 is 18.8 Å². The lowest BCUT2D eigenvalue weighted by Crippen LogP contribution is -2.41. The molecule has 1 aliphatic heterocycles. The number of hydrogen-bond donors (Lipinski definition) is 0. The number of fused-ring (bicyclic) bond motifs is 1. The monoisotopic (exact) mass is 331 g/mol. The van der Waals surface area contributed by atoms with Crippen LogP contribution in [0.4, 0.5) is 0 Å². The predicted octanol–water partition coefficient (Wildman–Crippen LogP) is 2.00. The van der Waals surface area contributed by atoms with Crippen molar-refractivity contribution in [2.45, 2.75) is 32.3 Å². The lowest BCUT2D eigenvalue weighted by atomic mass is 10.2. The van der Waals surface area contributed by atoms with Crippen LogP contribution in [-0.2, 0) is 11.2 Å². The summed E-state index contributed by atoms with van der Waals surface area (Å²) in [6.45, 7) is 2.71. The van der Waals surface area contributed by atoms with Crippen LogP contribution < -0.4 is 9.47 Å². The number of amides is 1. The second-order valence-corrected chi connectivity index (χ2v) is 5.86. The van der Waals surface area contributed by atoms with Gasteiger partial charge in [-0.2, -0.15) is 4.98 Å². The summed E-state index contributed by atoms with van der Waals surface area (Å²) < 4.78 is 16.6. The van der Waals surface area contributed by atoms with Crippen molar-refractivity contribution in [3.63, 3.8) is 0 Å². The summed E-state index contributed by atoms with van der Waals surface area (Å²) in [5.41, 5.74) is 0. The number of rotatable bonds is 6. The number of para-hydroxylation sites is 2. The molecule has 1 aromatic heterocycles. The summed E-state index contributed by atoms with van der Waals surface area (Å²) in [5.74, 6) is 2.72. The Morgan fingerprint density at radius 1 is 1.33 bits per heavy atom. The first-order valence-corrected chi connectivity index (χ1v) is 8.03. The molecule has 2 aromatic rings. The second kappa shape index (κ2) is 7.33. The van der Waals surface area contributed by atoms with Gasteiger partial charge >= 0.3 is 0 Å². The van der Waals surface area contributed by atoms with E-state index in [0.29, 0.717) is 44.1 Å². The Morgan fingerprint density at radius 2 is 2.12 bits per heavy atom. The Kier molecular flexibility index (Phi) is 4.98. The summed E-state index contributed by atoms with van der Waals surface area (Å²) >= 11 is 0. The SMILES string of the molecule is Cc1noc(CCCC(=O)N(C)C[C@H]2COc3ccccc3O2)n1. The van der Waals surface area contributed by atoms with Gasteiger partial charge in [-0.1, -0.05) is 17.3 Å². The highest BCUT2D eigenvalue weighted by Gasteiger charge is 2.23. The lowest BCUT2D eigenvalue weighted by Gasteiger charge is -2.29. The average Bonchev–Trinajstić information content (AvgIpc) is 3.00. The largest absolute Gasteiger partial charge is 0.486 e. The standard InChI is InChI=1S/C17H21N3O4/c1-12-18-16(24-19-12)8-5-9-17(21)20(2)10-13-11-22-14-6-3-4-7-15(14)23-13/h3-4,6-7,13H,5,8-11H2,1-2H3/t13-/m0/s1. The van der Waals surface area contributed by atoms with Crippen LogP contribution in [0.25, 0.3) is 0 Å². The van der Waals surface area contributed by atoms with Crippen LogP contribution in [0.1, 0.15) is 24.6 Å². The molecule has 1 aromatic carbocycles. The fourth-order valence-electron chi connectivity index (χ4n) is 2.58. The number of benzene rings is 1. The number of likely N-dealkylation sites (N-methyl/N-ethyl adjacent to an activating group) is 1. The van der Waals surface area contributed by atoms with Crippen molar-refractivity contribution >= 4 is 5.91 Å². The molecule has 0 saturated heterocycles. The maximum Gasteiger partial charge on any atom is 0.226 e. The quantitative estimate of drug-likeness (QED) is 0.806. The van der Waals surface area contributed by atoms with Gasteiger partial charge in [0.05, 0.1) is 6.54 Å². The zero-order chi connectivity index (χ0) is 16.9. The minimum absolute atomic E-state index is 0.0636. The van der Waals surface area contributed by atoms with Gasteiger partial charge < -0.3 is 18.9 Å². The number of hydrogen-bond acceptors (Lipinski definition) is 6. The zero-order valence-corrected chi connectivity index (χ0v) is 13.9. The van der Waals surface area contributed by atoms with Gasteiger partial charge in [-0.3, -0.25) is 4.79 Å². The Morgan fingerprint density at radius 3 is 2.88 bits per heavy atom. The van der Waals surface area contributed by atoms with Crippen LogP contribution in [0.2, 0.25) is 0 Å². The Hall–Kier alpha value is -2.57. The van der Waals surface area contributed by atoms with Gasteiger partial charge in [-0.15, -0.1) is 0 Å². The lowest BCUT2D eigenvalue weighted by molar-refractivity contribution is -0.131. The maximum atomic E-state index is 12.2. The van der Waals surface area contributed by atoms with E-state index in [9.17, 15) is 4.79 Å². The van der Waals surface area contributed by atoms with Crippen molar-refractivity contribution in [2.24, 2.45) is 0 Å². The second-order valence-electron chi connectivity index (χ2n) is 5.86. The summed E-state index contributed by atoms with van der Waals surface area (Å²) in [6, 6.07) is 7.55. The van der Waals surface area contributed by atoms with E-state index in [1.807, 2.05) is 24.3 Å². The minimum Gasteiger partial charge on any atom is -0.486 e. The van der Waals surface area contributed by atoms with E-state index in [4.69, 9.17) is 14.0 Å². The molecule has 0 radical (unpaired) electrons. The number of ether oxygens (including phenoxy) is 2. The molecule has 7 heteroatoms. The first-order chi connectivity index (χ1) is 11.6. The van der Waals surface area contributed by atoms with Crippen LogP contribution >= 0.6 is 0 Å². The van der Waals surface area contributed by atoms with Gasteiger partial charge in [0.25, 0.3) is 0 Å². The van der Waals surface area contributed by atoms with Crippen LogP contribution in [0.15, 0.2) is 28.8 Å². The third-order valence-corrected chi connectivity index (χ3v) is 3.82. The summed E-state index contributed by atoms with van der Waals surface area (Å²) in [5, 5.41) is 3.73. The number of carbonyl (C=O) groups is 1. The molecule has 7 nitrogen and oxygen atoms in total. The molecule has 1 atom stereocenters. The van der Waals surface area contributed by atoms with Gasteiger partial charge in [0, 0.05) is 19.9 Å². The van der Waals surface area contributed by atoms with Crippen molar-refractivity contribution in [3.8, 4) is 11.5 Å².